The monoisotopic (exact) mass is 347 g/mol. The van der Waals surface area contributed by atoms with Crippen molar-refractivity contribution in [1.82, 2.24) is 14.7 Å². The number of halogens is 1. The number of hydrogen-bond acceptors (Lipinski definition) is 3. The van der Waals surface area contributed by atoms with Crippen molar-refractivity contribution in [2.45, 2.75) is 19.9 Å². The smallest absolute Gasteiger partial charge is 0.261 e. The third-order valence-corrected chi connectivity index (χ3v) is 4.74. The molecule has 0 radical (unpaired) electrons. The molecule has 3 rings (SSSR count). The molecule has 5 nitrogen and oxygen atoms in total. The van der Waals surface area contributed by atoms with E-state index in [0.717, 1.165) is 21.4 Å². The SMILES string of the molecule is Cc1nn(C)c(CN2C(=O)Cc3ccccc3C2=O)c1Br. The molecule has 1 aliphatic rings. The van der Waals surface area contributed by atoms with Gasteiger partial charge in [-0.05, 0) is 34.5 Å². The normalized spacial score (nSPS) is 14.5. The quantitative estimate of drug-likeness (QED) is 0.782. The van der Waals surface area contributed by atoms with Crippen molar-refractivity contribution >= 4 is 27.7 Å². The first-order chi connectivity index (χ1) is 9.99. The molecule has 21 heavy (non-hydrogen) atoms. The van der Waals surface area contributed by atoms with Gasteiger partial charge in [-0.3, -0.25) is 19.2 Å². The maximum absolute atomic E-state index is 12.5. The van der Waals surface area contributed by atoms with Gasteiger partial charge >= 0.3 is 0 Å². The predicted octanol–water partition coefficient (Wildman–Crippen LogP) is 2.22. The summed E-state index contributed by atoms with van der Waals surface area (Å²) >= 11 is 3.47. The van der Waals surface area contributed by atoms with E-state index in [4.69, 9.17) is 0 Å². The molecule has 0 atom stereocenters. The molecule has 0 saturated heterocycles. The Kier molecular flexibility index (Phi) is 3.41. The maximum Gasteiger partial charge on any atom is 0.261 e. The highest BCUT2D eigenvalue weighted by atomic mass is 79.9. The number of nitrogens with zero attached hydrogens (tertiary/aromatic N) is 3. The summed E-state index contributed by atoms with van der Waals surface area (Å²) in [7, 11) is 1.81. The van der Waals surface area contributed by atoms with E-state index in [-0.39, 0.29) is 24.8 Å². The van der Waals surface area contributed by atoms with Crippen molar-refractivity contribution in [3.05, 3.63) is 51.3 Å². The Hall–Kier alpha value is -1.95. The number of hydrogen-bond donors (Lipinski definition) is 0. The summed E-state index contributed by atoms with van der Waals surface area (Å²) in [5, 5.41) is 4.29. The van der Waals surface area contributed by atoms with Crippen LogP contribution in [0.15, 0.2) is 28.7 Å². The van der Waals surface area contributed by atoms with Crippen molar-refractivity contribution in [2.75, 3.05) is 0 Å². The molecule has 1 aliphatic heterocycles. The van der Waals surface area contributed by atoms with Gasteiger partial charge in [0.05, 0.1) is 28.8 Å². The Bertz CT molecular complexity index is 751. The molecular weight excluding hydrogens is 334 g/mol. The van der Waals surface area contributed by atoms with Crippen LogP contribution in [-0.4, -0.2) is 26.5 Å². The molecular formula is C15H14BrN3O2. The first kappa shape index (κ1) is 14.0. The van der Waals surface area contributed by atoms with Crippen molar-refractivity contribution in [1.29, 1.82) is 0 Å². The lowest BCUT2D eigenvalue weighted by atomic mass is 9.98. The average Bonchev–Trinajstić information content (AvgIpc) is 2.69. The standard InChI is InChI=1S/C15H14BrN3O2/c1-9-14(16)12(18(2)17-9)8-19-13(20)7-10-5-3-4-6-11(10)15(19)21/h3-6H,7-8H2,1-2H3. The number of fused-ring (bicyclic) bond motifs is 1. The van der Waals surface area contributed by atoms with E-state index in [1.165, 1.54) is 4.90 Å². The fourth-order valence-electron chi connectivity index (χ4n) is 2.56. The Balaban J connectivity index is 1.97. The van der Waals surface area contributed by atoms with Crippen LogP contribution in [0.4, 0.5) is 0 Å². The number of carbonyl (C=O) groups is 2. The highest BCUT2D eigenvalue weighted by Gasteiger charge is 2.31. The van der Waals surface area contributed by atoms with Crippen molar-refractivity contribution in [3.63, 3.8) is 0 Å². The van der Waals surface area contributed by atoms with Gasteiger partial charge in [-0.25, -0.2) is 0 Å². The van der Waals surface area contributed by atoms with Crippen LogP contribution in [0.5, 0.6) is 0 Å². The third kappa shape index (κ3) is 2.29. The van der Waals surface area contributed by atoms with E-state index in [2.05, 4.69) is 21.0 Å². The second-order valence-corrected chi connectivity index (χ2v) is 5.88. The number of carbonyl (C=O) groups excluding carboxylic acids is 2. The van der Waals surface area contributed by atoms with E-state index in [1.807, 2.05) is 25.1 Å². The van der Waals surface area contributed by atoms with Crippen LogP contribution in [0.1, 0.15) is 27.3 Å². The van der Waals surface area contributed by atoms with Crippen molar-refractivity contribution in [2.24, 2.45) is 7.05 Å². The molecule has 0 bridgehead atoms. The molecule has 2 amide bonds. The zero-order valence-corrected chi connectivity index (χ0v) is 13.3. The highest BCUT2D eigenvalue weighted by Crippen LogP contribution is 2.25. The molecule has 6 heteroatoms. The second kappa shape index (κ2) is 5.11. The summed E-state index contributed by atoms with van der Waals surface area (Å²) in [6.07, 6.45) is 0.260. The van der Waals surface area contributed by atoms with Crippen molar-refractivity contribution < 1.29 is 9.59 Å². The largest absolute Gasteiger partial charge is 0.274 e. The summed E-state index contributed by atoms with van der Waals surface area (Å²) in [4.78, 5) is 26.1. The molecule has 0 N–H and O–H groups in total. The fourth-order valence-corrected chi connectivity index (χ4v) is 3.02. The van der Waals surface area contributed by atoms with E-state index >= 15 is 0 Å². The van der Waals surface area contributed by atoms with Gasteiger partial charge in [0.25, 0.3) is 5.91 Å². The second-order valence-electron chi connectivity index (χ2n) is 5.09. The Morgan fingerprint density at radius 1 is 1.29 bits per heavy atom. The summed E-state index contributed by atoms with van der Waals surface area (Å²) in [6, 6.07) is 7.25. The van der Waals surface area contributed by atoms with Gasteiger partial charge in [-0.1, -0.05) is 18.2 Å². The molecule has 0 fully saturated rings. The molecule has 0 unspecified atom stereocenters. The van der Waals surface area contributed by atoms with Gasteiger partial charge in [0.1, 0.15) is 0 Å². The summed E-state index contributed by atoms with van der Waals surface area (Å²) in [5.74, 6) is -0.419. The number of amides is 2. The van der Waals surface area contributed by atoms with E-state index < -0.39 is 0 Å². The van der Waals surface area contributed by atoms with Crippen LogP contribution in [-0.2, 0) is 24.8 Å². The molecule has 0 aliphatic carbocycles. The summed E-state index contributed by atoms with van der Waals surface area (Å²) in [6.45, 7) is 2.10. The van der Waals surface area contributed by atoms with Crippen LogP contribution in [0, 0.1) is 6.92 Å². The zero-order chi connectivity index (χ0) is 15.1. The lowest BCUT2D eigenvalue weighted by Crippen LogP contribution is -2.42. The number of aromatic nitrogens is 2. The number of rotatable bonds is 2. The maximum atomic E-state index is 12.5. The minimum absolute atomic E-state index is 0.176. The van der Waals surface area contributed by atoms with Crippen LogP contribution >= 0.6 is 15.9 Å². The minimum atomic E-state index is -0.243. The van der Waals surface area contributed by atoms with Crippen LogP contribution in [0.25, 0.3) is 0 Å². The highest BCUT2D eigenvalue weighted by molar-refractivity contribution is 9.10. The Morgan fingerprint density at radius 3 is 2.67 bits per heavy atom. The molecule has 1 aromatic carbocycles. The molecule has 1 aromatic heterocycles. The minimum Gasteiger partial charge on any atom is -0.274 e. The first-order valence-corrected chi connectivity index (χ1v) is 7.39. The van der Waals surface area contributed by atoms with Gasteiger partial charge in [0.15, 0.2) is 0 Å². The zero-order valence-electron chi connectivity index (χ0n) is 11.8. The van der Waals surface area contributed by atoms with Crippen molar-refractivity contribution in [3.8, 4) is 0 Å². The van der Waals surface area contributed by atoms with Gasteiger partial charge in [0.2, 0.25) is 5.91 Å². The van der Waals surface area contributed by atoms with E-state index in [1.54, 1.807) is 17.8 Å². The van der Waals surface area contributed by atoms with Gasteiger partial charge < -0.3 is 0 Å². The number of benzene rings is 1. The molecule has 0 spiro atoms. The van der Waals surface area contributed by atoms with Crippen LogP contribution in [0.3, 0.4) is 0 Å². The molecule has 2 aromatic rings. The Morgan fingerprint density at radius 2 is 2.00 bits per heavy atom. The van der Waals surface area contributed by atoms with Gasteiger partial charge in [-0.2, -0.15) is 5.10 Å². The lowest BCUT2D eigenvalue weighted by Gasteiger charge is -2.26. The molecule has 2 heterocycles. The topological polar surface area (TPSA) is 55.2 Å². The predicted molar refractivity (Wildman–Crippen MR) is 80.7 cm³/mol. The lowest BCUT2D eigenvalue weighted by molar-refractivity contribution is -0.128. The third-order valence-electron chi connectivity index (χ3n) is 3.71. The summed E-state index contributed by atoms with van der Waals surface area (Å²) < 4.78 is 2.53. The Labute approximate surface area is 130 Å². The first-order valence-electron chi connectivity index (χ1n) is 6.59. The van der Waals surface area contributed by atoms with E-state index in [9.17, 15) is 9.59 Å². The van der Waals surface area contributed by atoms with E-state index in [0.29, 0.717) is 5.56 Å². The number of aryl methyl sites for hydroxylation is 2. The van der Waals surface area contributed by atoms with Crippen LogP contribution in [0.2, 0.25) is 0 Å². The van der Waals surface area contributed by atoms with Gasteiger partial charge in [0, 0.05) is 12.6 Å². The fraction of sp³-hybridized carbons (Fsp3) is 0.267. The number of imide groups is 1. The van der Waals surface area contributed by atoms with Gasteiger partial charge in [-0.15, -0.1) is 0 Å². The molecule has 0 saturated carbocycles. The summed E-state index contributed by atoms with van der Waals surface area (Å²) in [5.41, 5.74) is 3.05. The molecule has 108 valence electrons. The van der Waals surface area contributed by atoms with Crippen LogP contribution < -0.4 is 0 Å². The average molecular weight is 348 g/mol.